The van der Waals surface area contributed by atoms with Crippen molar-refractivity contribution >= 4 is 17.1 Å². The summed E-state index contributed by atoms with van der Waals surface area (Å²) in [5.74, 6) is 0.694. The van der Waals surface area contributed by atoms with E-state index in [1.807, 2.05) is 12.1 Å². The molecule has 0 atom stereocenters. The van der Waals surface area contributed by atoms with Crippen molar-refractivity contribution in [2.24, 2.45) is 5.92 Å². The smallest absolute Gasteiger partial charge is 0.0639 e. The molecule has 0 saturated carbocycles. The lowest BCUT2D eigenvalue weighted by atomic mass is 10.1. The standard InChI is InChI=1S/C13H23N3O/c1-10(2)5-7-17-8-6-16-11-3-4-12(14)13(15)9-11/h3-4,9-10,16H,5-8,14-15H2,1-2H3. The van der Waals surface area contributed by atoms with Gasteiger partial charge in [0.1, 0.15) is 0 Å². The van der Waals surface area contributed by atoms with E-state index in [-0.39, 0.29) is 0 Å². The molecular formula is C13H23N3O. The molecular weight excluding hydrogens is 214 g/mol. The summed E-state index contributed by atoms with van der Waals surface area (Å²) < 4.78 is 5.50. The van der Waals surface area contributed by atoms with E-state index in [4.69, 9.17) is 16.2 Å². The molecule has 0 radical (unpaired) electrons. The van der Waals surface area contributed by atoms with E-state index in [0.717, 1.165) is 25.3 Å². The molecule has 1 aromatic rings. The Morgan fingerprint density at radius 3 is 2.59 bits per heavy atom. The first-order valence-corrected chi connectivity index (χ1v) is 6.06. The van der Waals surface area contributed by atoms with E-state index in [1.165, 1.54) is 0 Å². The number of rotatable bonds is 7. The molecule has 0 aliphatic carbocycles. The molecule has 0 amide bonds. The van der Waals surface area contributed by atoms with Crippen LogP contribution < -0.4 is 16.8 Å². The lowest BCUT2D eigenvalue weighted by molar-refractivity contribution is 0.132. The SMILES string of the molecule is CC(C)CCOCCNc1ccc(N)c(N)c1. The Hall–Kier alpha value is -1.42. The highest BCUT2D eigenvalue weighted by Gasteiger charge is 1.97. The summed E-state index contributed by atoms with van der Waals surface area (Å²) in [6.07, 6.45) is 1.11. The van der Waals surface area contributed by atoms with E-state index < -0.39 is 0 Å². The van der Waals surface area contributed by atoms with Crippen LogP contribution in [0.2, 0.25) is 0 Å². The third kappa shape index (κ3) is 5.45. The Morgan fingerprint density at radius 2 is 1.94 bits per heavy atom. The minimum absolute atomic E-state index is 0.607. The average molecular weight is 237 g/mol. The number of nitrogen functional groups attached to an aromatic ring is 2. The second kappa shape index (κ2) is 7.01. The normalized spacial score (nSPS) is 10.8. The van der Waals surface area contributed by atoms with Crippen molar-refractivity contribution in [1.82, 2.24) is 0 Å². The maximum Gasteiger partial charge on any atom is 0.0639 e. The van der Waals surface area contributed by atoms with Crippen molar-refractivity contribution in [2.75, 3.05) is 36.5 Å². The van der Waals surface area contributed by atoms with Crippen LogP contribution in [0.4, 0.5) is 17.1 Å². The van der Waals surface area contributed by atoms with Crippen LogP contribution in [0.25, 0.3) is 0 Å². The molecule has 0 heterocycles. The minimum Gasteiger partial charge on any atom is -0.397 e. The summed E-state index contributed by atoms with van der Waals surface area (Å²) in [5.41, 5.74) is 13.5. The van der Waals surface area contributed by atoms with Crippen LogP contribution in [0.3, 0.4) is 0 Å². The van der Waals surface area contributed by atoms with E-state index >= 15 is 0 Å². The lowest BCUT2D eigenvalue weighted by Crippen LogP contribution is -2.11. The highest BCUT2D eigenvalue weighted by molar-refractivity contribution is 5.69. The summed E-state index contributed by atoms with van der Waals surface area (Å²) in [4.78, 5) is 0. The van der Waals surface area contributed by atoms with Gasteiger partial charge in [0, 0.05) is 18.8 Å². The first-order valence-electron chi connectivity index (χ1n) is 6.06. The Kier molecular flexibility index (Phi) is 5.63. The van der Waals surface area contributed by atoms with E-state index in [0.29, 0.717) is 23.9 Å². The molecule has 0 aromatic heterocycles. The van der Waals surface area contributed by atoms with Crippen LogP contribution in [-0.2, 0) is 4.74 Å². The Morgan fingerprint density at radius 1 is 1.18 bits per heavy atom. The van der Waals surface area contributed by atoms with Crippen molar-refractivity contribution in [3.05, 3.63) is 18.2 Å². The zero-order chi connectivity index (χ0) is 12.7. The number of benzene rings is 1. The Labute approximate surface area is 103 Å². The lowest BCUT2D eigenvalue weighted by Gasteiger charge is -2.09. The third-order valence-corrected chi connectivity index (χ3v) is 2.50. The van der Waals surface area contributed by atoms with Crippen molar-refractivity contribution < 1.29 is 4.74 Å². The Balaban J connectivity index is 2.16. The summed E-state index contributed by atoms with van der Waals surface area (Å²) >= 11 is 0. The van der Waals surface area contributed by atoms with Gasteiger partial charge in [-0.25, -0.2) is 0 Å². The van der Waals surface area contributed by atoms with Gasteiger partial charge in [0.05, 0.1) is 18.0 Å². The van der Waals surface area contributed by atoms with Crippen molar-refractivity contribution in [3.63, 3.8) is 0 Å². The van der Waals surface area contributed by atoms with Gasteiger partial charge in [-0.3, -0.25) is 0 Å². The largest absolute Gasteiger partial charge is 0.397 e. The number of nitrogens with one attached hydrogen (secondary N) is 1. The third-order valence-electron chi connectivity index (χ3n) is 2.50. The van der Waals surface area contributed by atoms with Crippen LogP contribution in [0, 0.1) is 5.92 Å². The zero-order valence-electron chi connectivity index (χ0n) is 10.7. The molecule has 0 fully saturated rings. The van der Waals surface area contributed by atoms with Crippen LogP contribution in [0.15, 0.2) is 18.2 Å². The minimum atomic E-state index is 0.607. The predicted octanol–water partition coefficient (Wildman–Crippen LogP) is 2.33. The first-order chi connectivity index (χ1) is 8.09. The van der Waals surface area contributed by atoms with Crippen LogP contribution in [-0.4, -0.2) is 19.8 Å². The number of hydrogen-bond acceptors (Lipinski definition) is 4. The summed E-state index contributed by atoms with van der Waals surface area (Å²) in [6.45, 7) is 6.69. The maximum atomic E-state index is 5.71. The summed E-state index contributed by atoms with van der Waals surface area (Å²) in [5, 5.41) is 3.24. The maximum absolute atomic E-state index is 5.71. The Bertz CT molecular complexity index is 339. The van der Waals surface area contributed by atoms with Crippen LogP contribution >= 0.6 is 0 Å². The van der Waals surface area contributed by atoms with Crippen molar-refractivity contribution in [3.8, 4) is 0 Å². The average Bonchev–Trinajstić information content (AvgIpc) is 2.27. The molecule has 0 aliphatic rings. The van der Waals surface area contributed by atoms with Gasteiger partial charge in [-0.15, -0.1) is 0 Å². The fourth-order valence-electron chi connectivity index (χ4n) is 1.37. The molecule has 0 bridgehead atoms. The number of hydrogen-bond donors (Lipinski definition) is 3. The molecule has 1 rings (SSSR count). The molecule has 0 unspecified atom stereocenters. The molecule has 0 spiro atoms. The molecule has 96 valence electrons. The van der Waals surface area contributed by atoms with Crippen LogP contribution in [0.5, 0.6) is 0 Å². The second-order valence-electron chi connectivity index (χ2n) is 4.57. The van der Waals surface area contributed by atoms with Gasteiger partial charge in [-0.2, -0.15) is 0 Å². The van der Waals surface area contributed by atoms with Crippen molar-refractivity contribution in [1.29, 1.82) is 0 Å². The van der Waals surface area contributed by atoms with Gasteiger partial charge in [-0.05, 0) is 30.5 Å². The fraction of sp³-hybridized carbons (Fsp3) is 0.538. The molecule has 4 heteroatoms. The topological polar surface area (TPSA) is 73.3 Å². The number of ether oxygens (including phenoxy) is 1. The van der Waals surface area contributed by atoms with E-state index in [2.05, 4.69) is 19.2 Å². The molecule has 0 saturated heterocycles. The molecule has 4 nitrogen and oxygen atoms in total. The van der Waals surface area contributed by atoms with E-state index in [1.54, 1.807) is 6.07 Å². The first kappa shape index (κ1) is 13.6. The fourth-order valence-corrected chi connectivity index (χ4v) is 1.37. The second-order valence-corrected chi connectivity index (χ2v) is 4.57. The van der Waals surface area contributed by atoms with Gasteiger partial charge < -0.3 is 21.5 Å². The highest BCUT2D eigenvalue weighted by atomic mass is 16.5. The summed E-state index contributed by atoms with van der Waals surface area (Å²) in [7, 11) is 0. The van der Waals surface area contributed by atoms with Gasteiger partial charge in [0.2, 0.25) is 0 Å². The number of nitrogens with two attached hydrogens (primary N) is 2. The molecule has 17 heavy (non-hydrogen) atoms. The van der Waals surface area contributed by atoms with Crippen LogP contribution in [0.1, 0.15) is 20.3 Å². The van der Waals surface area contributed by atoms with Crippen molar-refractivity contribution in [2.45, 2.75) is 20.3 Å². The van der Waals surface area contributed by atoms with Gasteiger partial charge in [0.15, 0.2) is 0 Å². The quantitative estimate of drug-likeness (QED) is 0.502. The van der Waals surface area contributed by atoms with Gasteiger partial charge in [0.25, 0.3) is 0 Å². The predicted molar refractivity (Wildman–Crippen MR) is 74.0 cm³/mol. The molecule has 1 aromatic carbocycles. The highest BCUT2D eigenvalue weighted by Crippen LogP contribution is 2.19. The number of anilines is 3. The van der Waals surface area contributed by atoms with Gasteiger partial charge >= 0.3 is 0 Å². The van der Waals surface area contributed by atoms with Gasteiger partial charge in [-0.1, -0.05) is 13.8 Å². The monoisotopic (exact) mass is 237 g/mol. The summed E-state index contributed by atoms with van der Waals surface area (Å²) in [6, 6.07) is 5.56. The molecule has 5 N–H and O–H groups in total. The molecule has 0 aliphatic heterocycles. The zero-order valence-corrected chi connectivity index (χ0v) is 10.7. The van der Waals surface area contributed by atoms with E-state index in [9.17, 15) is 0 Å².